The molecule has 2 fully saturated rings. The molecule has 2 aromatic carbocycles. The van der Waals surface area contributed by atoms with Crippen molar-refractivity contribution in [3.05, 3.63) is 77.1 Å². The lowest BCUT2D eigenvalue weighted by molar-refractivity contribution is 0.292. The maximum atomic E-state index is 13.7. The molecule has 3 aliphatic rings. The van der Waals surface area contributed by atoms with Crippen molar-refractivity contribution in [3.8, 4) is 0 Å². The molecule has 41 heavy (non-hydrogen) atoms. The average Bonchev–Trinajstić information content (AvgIpc) is 3.00. The highest BCUT2D eigenvalue weighted by atomic mass is 32.1. The Kier molecular flexibility index (Phi) is 8.37. The van der Waals surface area contributed by atoms with Crippen LogP contribution in [0.3, 0.4) is 0 Å². The zero-order chi connectivity index (χ0) is 28.2. The minimum Gasteiger partial charge on any atom is -0.361 e. The summed E-state index contributed by atoms with van der Waals surface area (Å²) in [6, 6.07) is 17.9. The Morgan fingerprint density at radius 1 is 0.951 bits per heavy atom. The van der Waals surface area contributed by atoms with Crippen molar-refractivity contribution in [2.75, 3.05) is 41.3 Å². The third-order valence-corrected chi connectivity index (χ3v) is 9.46. The molecule has 2 N–H and O–H groups in total. The van der Waals surface area contributed by atoms with Gasteiger partial charge in [0, 0.05) is 44.2 Å². The Morgan fingerprint density at radius 2 is 1.68 bits per heavy atom. The summed E-state index contributed by atoms with van der Waals surface area (Å²) in [5, 5.41) is 7.35. The number of aromatic nitrogens is 2. The van der Waals surface area contributed by atoms with Crippen LogP contribution in [0.25, 0.3) is 0 Å². The van der Waals surface area contributed by atoms with E-state index in [0.29, 0.717) is 23.5 Å². The summed E-state index contributed by atoms with van der Waals surface area (Å²) >= 11 is 5.81. The molecular weight excluding hydrogens is 531 g/mol. The minimum absolute atomic E-state index is 0.0588. The second-order valence-corrected chi connectivity index (χ2v) is 12.6. The van der Waals surface area contributed by atoms with Gasteiger partial charge in [0.15, 0.2) is 5.11 Å². The zero-order valence-corrected chi connectivity index (χ0v) is 24.9. The number of thiocarbonyl (C=S) groups is 1. The molecular formula is C33H41FN6S. The van der Waals surface area contributed by atoms with E-state index in [9.17, 15) is 4.39 Å². The van der Waals surface area contributed by atoms with E-state index in [1.807, 2.05) is 12.1 Å². The van der Waals surface area contributed by atoms with E-state index in [-0.39, 0.29) is 11.2 Å². The highest BCUT2D eigenvalue weighted by Crippen LogP contribution is 2.39. The van der Waals surface area contributed by atoms with Gasteiger partial charge in [-0.25, -0.2) is 4.39 Å². The molecule has 0 spiro atoms. The van der Waals surface area contributed by atoms with E-state index >= 15 is 0 Å². The smallest absolute Gasteiger partial charge is 0.232 e. The van der Waals surface area contributed by atoms with Crippen LogP contribution in [-0.4, -0.2) is 41.3 Å². The van der Waals surface area contributed by atoms with Gasteiger partial charge in [0.25, 0.3) is 0 Å². The van der Waals surface area contributed by atoms with Gasteiger partial charge in [-0.15, -0.1) is 0 Å². The summed E-state index contributed by atoms with van der Waals surface area (Å²) < 4.78 is 13.7. The molecule has 1 saturated heterocycles. The van der Waals surface area contributed by atoms with Crippen molar-refractivity contribution < 1.29 is 4.39 Å². The number of rotatable bonds is 6. The number of fused-ring (bicyclic) bond motifs is 1. The molecule has 1 atom stereocenters. The number of hydrogen-bond donors (Lipinski definition) is 2. The molecule has 2 aliphatic heterocycles. The number of halogens is 1. The second kappa shape index (κ2) is 12.3. The fourth-order valence-electron chi connectivity index (χ4n) is 6.89. The lowest BCUT2D eigenvalue weighted by Crippen LogP contribution is -2.43. The fraction of sp³-hybridized carbons (Fsp3) is 0.485. The van der Waals surface area contributed by atoms with Gasteiger partial charge in [0.1, 0.15) is 17.5 Å². The Bertz CT molecular complexity index is 1360. The van der Waals surface area contributed by atoms with E-state index in [2.05, 4.69) is 57.7 Å². The van der Waals surface area contributed by atoms with Crippen molar-refractivity contribution in [2.45, 2.75) is 70.3 Å². The summed E-state index contributed by atoms with van der Waals surface area (Å²) in [6.45, 7) is 6.78. The van der Waals surface area contributed by atoms with Gasteiger partial charge in [-0.3, -0.25) is 0 Å². The lowest BCUT2D eigenvalue weighted by Gasteiger charge is -2.38. The molecule has 3 heterocycles. The highest BCUT2D eigenvalue weighted by Gasteiger charge is 2.34. The van der Waals surface area contributed by atoms with E-state index in [4.69, 9.17) is 22.2 Å². The quantitative estimate of drug-likeness (QED) is 0.323. The molecule has 6 rings (SSSR count). The highest BCUT2D eigenvalue weighted by molar-refractivity contribution is 7.80. The summed E-state index contributed by atoms with van der Waals surface area (Å²) in [6.07, 6.45) is 9.14. The molecule has 0 bridgehead atoms. The van der Waals surface area contributed by atoms with Crippen LogP contribution in [0.2, 0.25) is 0 Å². The van der Waals surface area contributed by atoms with Crippen LogP contribution in [0, 0.1) is 11.7 Å². The first-order valence-corrected chi connectivity index (χ1v) is 15.6. The molecule has 3 aromatic rings. The summed E-state index contributed by atoms with van der Waals surface area (Å²) in [7, 11) is 0. The van der Waals surface area contributed by atoms with Gasteiger partial charge in [-0.1, -0.05) is 62.6 Å². The van der Waals surface area contributed by atoms with Gasteiger partial charge >= 0.3 is 0 Å². The van der Waals surface area contributed by atoms with Gasteiger partial charge in [0.2, 0.25) is 5.95 Å². The molecule has 0 radical (unpaired) electrons. The van der Waals surface area contributed by atoms with Crippen LogP contribution in [0.4, 0.5) is 22.0 Å². The van der Waals surface area contributed by atoms with Crippen LogP contribution in [0.1, 0.15) is 68.6 Å². The Morgan fingerprint density at radius 3 is 2.44 bits per heavy atom. The Labute approximate surface area is 248 Å². The third-order valence-electron chi connectivity index (χ3n) is 9.21. The largest absolute Gasteiger partial charge is 0.361 e. The maximum absolute atomic E-state index is 13.7. The van der Waals surface area contributed by atoms with Gasteiger partial charge < -0.3 is 20.4 Å². The molecule has 0 unspecified atom stereocenters. The number of hydrogen-bond acceptors (Lipinski definition) is 5. The predicted octanol–water partition coefficient (Wildman–Crippen LogP) is 6.60. The molecule has 8 heteroatoms. The number of anilines is 3. The molecule has 216 valence electrons. The lowest BCUT2D eigenvalue weighted by atomic mass is 9.69. The number of piperidine rings is 1. The first-order valence-electron chi connectivity index (χ1n) is 15.2. The van der Waals surface area contributed by atoms with Crippen molar-refractivity contribution in [3.63, 3.8) is 0 Å². The van der Waals surface area contributed by atoms with Gasteiger partial charge in [-0.05, 0) is 79.1 Å². The summed E-state index contributed by atoms with van der Waals surface area (Å²) in [5.74, 6) is 2.87. The van der Waals surface area contributed by atoms with Crippen LogP contribution < -0.4 is 20.4 Å². The van der Waals surface area contributed by atoms with E-state index < -0.39 is 0 Å². The molecule has 6 nitrogen and oxygen atoms in total. The van der Waals surface area contributed by atoms with E-state index in [1.165, 1.54) is 48.8 Å². The van der Waals surface area contributed by atoms with Crippen LogP contribution >= 0.6 is 12.2 Å². The van der Waals surface area contributed by atoms with E-state index in [0.717, 1.165) is 57.1 Å². The Balaban J connectivity index is 1.21. The van der Waals surface area contributed by atoms with Crippen molar-refractivity contribution in [2.24, 2.45) is 5.92 Å². The predicted molar refractivity (Wildman–Crippen MR) is 169 cm³/mol. The minimum atomic E-state index is -0.196. The first-order chi connectivity index (χ1) is 20.0. The van der Waals surface area contributed by atoms with Gasteiger partial charge in [-0.2, -0.15) is 9.97 Å². The normalized spacial score (nSPS) is 20.3. The Hall–Kier alpha value is -3.26. The molecule has 0 amide bonds. The van der Waals surface area contributed by atoms with Crippen molar-refractivity contribution >= 4 is 34.9 Å². The number of nitrogens with one attached hydrogen (secondary N) is 2. The van der Waals surface area contributed by atoms with Gasteiger partial charge in [0.05, 0.1) is 0 Å². The molecule has 1 aromatic heterocycles. The summed E-state index contributed by atoms with van der Waals surface area (Å²) in [4.78, 5) is 14.7. The average molecular weight is 573 g/mol. The SMILES string of the molecule is C[C@@H]1CCCN(c2cc(N3CCc4ccccc4C3)nc(NC(=S)NCC3(c4ccc(F)cc4)CCCCC3)n2)C1. The zero-order valence-electron chi connectivity index (χ0n) is 24.0. The first kappa shape index (κ1) is 27.9. The van der Waals surface area contributed by atoms with Crippen molar-refractivity contribution in [1.82, 2.24) is 15.3 Å². The second-order valence-electron chi connectivity index (χ2n) is 12.2. The third kappa shape index (κ3) is 6.48. The van der Waals surface area contributed by atoms with Crippen molar-refractivity contribution in [1.29, 1.82) is 0 Å². The topological polar surface area (TPSA) is 56.3 Å². The molecule has 1 aliphatic carbocycles. The fourth-order valence-corrected chi connectivity index (χ4v) is 7.05. The van der Waals surface area contributed by atoms with Crippen LogP contribution in [0.15, 0.2) is 54.6 Å². The molecule has 1 saturated carbocycles. The summed E-state index contributed by atoms with van der Waals surface area (Å²) in [5.41, 5.74) is 3.90. The van der Waals surface area contributed by atoms with Crippen LogP contribution in [-0.2, 0) is 18.4 Å². The number of nitrogens with zero attached hydrogens (tertiary/aromatic N) is 4. The number of benzene rings is 2. The van der Waals surface area contributed by atoms with E-state index in [1.54, 1.807) is 12.1 Å². The monoisotopic (exact) mass is 572 g/mol. The maximum Gasteiger partial charge on any atom is 0.232 e. The van der Waals surface area contributed by atoms with Crippen LogP contribution in [0.5, 0.6) is 0 Å². The standard InChI is InChI=1S/C33H41FN6S/c1-24-8-7-18-39(21-24)29-20-30(40-19-15-25-9-3-4-10-26(25)22-40)37-31(36-29)38-32(41)35-23-33(16-5-2-6-17-33)27-11-13-28(34)14-12-27/h3-4,9-14,20,24H,2,5-8,15-19,21-23H2,1H3,(H2,35,36,37,38,41)/t24-/m1/s1.